The molecule has 28 heavy (non-hydrogen) atoms. The molecular weight excluding hydrogens is 360 g/mol. The average molecular weight is 384 g/mol. The molecule has 1 fully saturated rings. The number of rotatable bonds is 3. The molecule has 148 valence electrons. The minimum Gasteiger partial charge on any atom is -0.492 e. The average Bonchev–Trinajstić information content (AvgIpc) is 3.19. The van der Waals surface area contributed by atoms with Gasteiger partial charge in [0.05, 0.1) is 24.0 Å². The second-order valence-corrected chi connectivity index (χ2v) is 9.22. The predicted octanol–water partition coefficient (Wildman–Crippen LogP) is 3.19. The molecule has 0 aromatic carbocycles. The van der Waals surface area contributed by atoms with Crippen LogP contribution < -0.4 is 0 Å². The normalized spacial score (nSPS) is 19.1. The summed E-state index contributed by atoms with van der Waals surface area (Å²) in [6, 6.07) is 0.139. The van der Waals surface area contributed by atoms with Gasteiger partial charge in [-0.2, -0.15) is 15.2 Å². The first-order valence-corrected chi connectivity index (χ1v) is 9.27. The fourth-order valence-corrected chi connectivity index (χ4v) is 4.81. The smallest absolute Gasteiger partial charge is 0.338 e. The topological polar surface area (TPSA) is 119 Å². The number of carboxylic acid groups (broad SMARTS) is 1. The maximum Gasteiger partial charge on any atom is 0.338 e. The van der Waals surface area contributed by atoms with Crippen molar-refractivity contribution in [1.82, 2.24) is 29.5 Å². The number of aromatic nitrogens is 6. The Kier molecular flexibility index (Phi) is 3.95. The van der Waals surface area contributed by atoms with Gasteiger partial charge >= 0.3 is 5.97 Å². The zero-order valence-corrected chi connectivity index (χ0v) is 16.4. The number of carboxylic acids is 1. The monoisotopic (exact) mass is 384 g/mol. The molecular formula is C19H24N6O3. The second kappa shape index (κ2) is 6.02. The lowest BCUT2D eigenvalue weighted by atomic mass is 9.63. The Morgan fingerprint density at radius 2 is 1.79 bits per heavy atom. The SMILES string of the molecule is CC1(C)CC(n2ncc3nc(-n4cc(C(=O)O)cn4)nc(O)c32)CC(C)(C)C1. The molecule has 4 rings (SSSR count). The Bertz CT molecular complexity index is 1050. The Morgan fingerprint density at radius 1 is 1.11 bits per heavy atom. The minimum absolute atomic E-state index is 0.0190. The van der Waals surface area contributed by atoms with Crippen molar-refractivity contribution in [2.24, 2.45) is 10.8 Å². The summed E-state index contributed by atoms with van der Waals surface area (Å²) in [4.78, 5) is 19.6. The van der Waals surface area contributed by atoms with Gasteiger partial charge in [-0.05, 0) is 30.1 Å². The molecule has 0 radical (unpaired) electrons. The van der Waals surface area contributed by atoms with Crippen molar-refractivity contribution in [3.8, 4) is 11.8 Å². The number of hydrogen-bond donors (Lipinski definition) is 2. The van der Waals surface area contributed by atoms with Gasteiger partial charge in [0.15, 0.2) is 0 Å². The first-order chi connectivity index (χ1) is 13.0. The number of nitrogens with zero attached hydrogens (tertiary/aromatic N) is 6. The van der Waals surface area contributed by atoms with E-state index in [1.807, 2.05) is 4.68 Å². The van der Waals surface area contributed by atoms with E-state index in [4.69, 9.17) is 5.11 Å². The van der Waals surface area contributed by atoms with Crippen LogP contribution >= 0.6 is 0 Å². The molecule has 1 saturated carbocycles. The van der Waals surface area contributed by atoms with Gasteiger partial charge in [-0.3, -0.25) is 4.68 Å². The van der Waals surface area contributed by atoms with E-state index in [2.05, 4.69) is 47.9 Å². The van der Waals surface area contributed by atoms with Crippen LogP contribution in [-0.4, -0.2) is 45.7 Å². The van der Waals surface area contributed by atoms with Crippen LogP contribution in [0.3, 0.4) is 0 Å². The van der Waals surface area contributed by atoms with E-state index >= 15 is 0 Å². The highest BCUT2D eigenvalue weighted by Gasteiger charge is 2.40. The van der Waals surface area contributed by atoms with Gasteiger partial charge in [-0.25, -0.2) is 14.5 Å². The van der Waals surface area contributed by atoms with E-state index in [1.54, 1.807) is 6.20 Å². The highest BCUT2D eigenvalue weighted by atomic mass is 16.4. The van der Waals surface area contributed by atoms with Crippen LogP contribution in [0.2, 0.25) is 0 Å². The van der Waals surface area contributed by atoms with E-state index in [0.29, 0.717) is 11.0 Å². The summed E-state index contributed by atoms with van der Waals surface area (Å²) in [6.07, 6.45) is 7.16. The first kappa shape index (κ1) is 18.4. The van der Waals surface area contributed by atoms with Gasteiger partial charge in [-0.1, -0.05) is 27.7 Å². The molecule has 0 atom stereocenters. The third-order valence-corrected chi connectivity index (χ3v) is 5.33. The Labute approximate surface area is 162 Å². The molecule has 3 heterocycles. The standard InChI is InChI=1S/C19H24N6O3/c1-18(2)5-12(6-19(3,4)10-18)25-14-13(8-21-25)22-17(23-15(14)26)24-9-11(7-20-24)16(27)28/h7-9,12H,5-6,10H2,1-4H3,(H,27,28)(H,22,23,26). The van der Waals surface area contributed by atoms with E-state index in [-0.39, 0.29) is 34.3 Å². The summed E-state index contributed by atoms with van der Waals surface area (Å²) in [7, 11) is 0. The molecule has 0 amide bonds. The number of hydrogen-bond acceptors (Lipinski definition) is 6. The Morgan fingerprint density at radius 3 is 2.39 bits per heavy atom. The summed E-state index contributed by atoms with van der Waals surface area (Å²) in [6.45, 7) is 9.05. The van der Waals surface area contributed by atoms with Crippen molar-refractivity contribution in [3.63, 3.8) is 0 Å². The van der Waals surface area contributed by atoms with Crippen molar-refractivity contribution < 1.29 is 15.0 Å². The maximum absolute atomic E-state index is 11.1. The molecule has 1 aliphatic rings. The van der Waals surface area contributed by atoms with Crippen LogP contribution in [0.25, 0.3) is 17.0 Å². The Hall–Kier alpha value is -2.97. The van der Waals surface area contributed by atoms with E-state index in [1.165, 1.54) is 17.1 Å². The summed E-state index contributed by atoms with van der Waals surface area (Å²) >= 11 is 0. The third kappa shape index (κ3) is 3.21. The summed E-state index contributed by atoms with van der Waals surface area (Å²) in [5, 5.41) is 28.1. The lowest BCUT2D eigenvalue weighted by Crippen LogP contribution is -2.35. The minimum atomic E-state index is -1.09. The van der Waals surface area contributed by atoms with Gasteiger partial charge in [0, 0.05) is 6.20 Å². The summed E-state index contributed by atoms with van der Waals surface area (Å²) in [5.74, 6) is -1.18. The quantitative estimate of drug-likeness (QED) is 0.711. The molecule has 9 heteroatoms. The zero-order chi connectivity index (χ0) is 20.3. The molecule has 0 spiro atoms. The Balaban J connectivity index is 1.75. The second-order valence-electron chi connectivity index (χ2n) is 9.22. The largest absolute Gasteiger partial charge is 0.492 e. The fourth-order valence-electron chi connectivity index (χ4n) is 4.81. The zero-order valence-electron chi connectivity index (χ0n) is 16.4. The van der Waals surface area contributed by atoms with Crippen LogP contribution in [0.5, 0.6) is 5.88 Å². The van der Waals surface area contributed by atoms with Crippen molar-refractivity contribution in [3.05, 3.63) is 24.2 Å². The number of aromatic carboxylic acids is 1. The number of fused-ring (bicyclic) bond motifs is 1. The van der Waals surface area contributed by atoms with Crippen molar-refractivity contribution in [2.45, 2.75) is 53.0 Å². The molecule has 3 aromatic rings. The molecule has 0 bridgehead atoms. The first-order valence-electron chi connectivity index (χ1n) is 9.27. The van der Waals surface area contributed by atoms with Crippen molar-refractivity contribution in [2.75, 3.05) is 0 Å². The van der Waals surface area contributed by atoms with Crippen molar-refractivity contribution in [1.29, 1.82) is 0 Å². The number of carbonyl (C=O) groups is 1. The molecule has 2 N–H and O–H groups in total. The van der Waals surface area contributed by atoms with Crippen LogP contribution in [0.1, 0.15) is 63.4 Å². The van der Waals surface area contributed by atoms with Crippen LogP contribution in [0, 0.1) is 10.8 Å². The lowest BCUT2D eigenvalue weighted by Gasteiger charge is -2.45. The van der Waals surface area contributed by atoms with Crippen LogP contribution in [0.4, 0.5) is 0 Å². The summed E-state index contributed by atoms with van der Waals surface area (Å²) < 4.78 is 3.07. The predicted molar refractivity (Wildman–Crippen MR) is 102 cm³/mol. The van der Waals surface area contributed by atoms with Crippen LogP contribution in [-0.2, 0) is 0 Å². The molecule has 0 saturated heterocycles. The van der Waals surface area contributed by atoms with E-state index in [0.717, 1.165) is 19.3 Å². The van der Waals surface area contributed by atoms with E-state index < -0.39 is 5.97 Å². The fraction of sp³-hybridized carbons (Fsp3) is 0.526. The van der Waals surface area contributed by atoms with Gasteiger partial charge < -0.3 is 10.2 Å². The maximum atomic E-state index is 11.1. The van der Waals surface area contributed by atoms with Gasteiger partial charge in [0.2, 0.25) is 5.88 Å². The molecule has 0 unspecified atom stereocenters. The van der Waals surface area contributed by atoms with Gasteiger partial charge in [0.25, 0.3) is 5.95 Å². The third-order valence-electron chi connectivity index (χ3n) is 5.33. The van der Waals surface area contributed by atoms with Crippen LogP contribution in [0.15, 0.2) is 18.6 Å². The highest BCUT2D eigenvalue weighted by Crippen LogP contribution is 2.50. The molecule has 1 aliphatic carbocycles. The molecule has 9 nitrogen and oxygen atoms in total. The van der Waals surface area contributed by atoms with Crippen molar-refractivity contribution >= 4 is 17.0 Å². The molecule has 0 aliphatic heterocycles. The lowest BCUT2D eigenvalue weighted by molar-refractivity contribution is 0.0686. The van der Waals surface area contributed by atoms with Gasteiger partial charge in [-0.15, -0.1) is 0 Å². The highest BCUT2D eigenvalue weighted by molar-refractivity contribution is 5.87. The number of aromatic hydroxyl groups is 1. The van der Waals surface area contributed by atoms with Gasteiger partial charge in [0.1, 0.15) is 11.0 Å². The molecule has 3 aromatic heterocycles. The summed E-state index contributed by atoms with van der Waals surface area (Å²) in [5.41, 5.74) is 1.35. The van der Waals surface area contributed by atoms with E-state index in [9.17, 15) is 9.90 Å².